The minimum Gasteiger partial charge on any atom is -0.313 e. The van der Waals surface area contributed by atoms with Gasteiger partial charge in [-0.1, -0.05) is 66.7 Å². The molecule has 1 saturated carbocycles. The van der Waals surface area contributed by atoms with Crippen LogP contribution >= 0.6 is 0 Å². The van der Waals surface area contributed by atoms with Gasteiger partial charge in [0.1, 0.15) is 0 Å². The minimum absolute atomic E-state index is 0.466. The van der Waals surface area contributed by atoms with Crippen LogP contribution in [0.1, 0.15) is 86.0 Å². The van der Waals surface area contributed by atoms with Gasteiger partial charge in [0.15, 0.2) is 0 Å². The molecule has 0 spiro atoms. The van der Waals surface area contributed by atoms with Crippen molar-refractivity contribution in [2.45, 2.75) is 92.0 Å². The molecule has 1 heteroatoms. The highest BCUT2D eigenvalue weighted by molar-refractivity contribution is 4.85. The van der Waals surface area contributed by atoms with E-state index in [-0.39, 0.29) is 0 Å². The Labute approximate surface area is 121 Å². The summed E-state index contributed by atoms with van der Waals surface area (Å²) < 4.78 is 0. The van der Waals surface area contributed by atoms with Crippen LogP contribution in [-0.4, -0.2) is 12.6 Å². The molecule has 1 fully saturated rings. The predicted molar refractivity (Wildman–Crippen MR) is 86.5 cm³/mol. The molecule has 19 heavy (non-hydrogen) atoms. The normalized spacial score (nSPS) is 24.9. The van der Waals surface area contributed by atoms with Crippen molar-refractivity contribution < 1.29 is 0 Å². The van der Waals surface area contributed by atoms with E-state index in [2.05, 4.69) is 39.9 Å². The van der Waals surface area contributed by atoms with Crippen LogP contribution in [-0.2, 0) is 0 Å². The third-order valence-electron chi connectivity index (χ3n) is 4.98. The van der Waals surface area contributed by atoms with Crippen LogP contribution < -0.4 is 5.32 Å². The molecule has 0 aromatic heterocycles. The zero-order valence-corrected chi connectivity index (χ0v) is 14.1. The molecule has 0 aromatic rings. The second kappa shape index (κ2) is 8.29. The van der Waals surface area contributed by atoms with Crippen LogP contribution in [0.3, 0.4) is 0 Å². The number of rotatable bonds is 8. The highest BCUT2D eigenvalue weighted by Crippen LogP contribution is 2.31. The van der Waals surface area contributed by atoms with Crippen LogP contribution in [0.25, 0.3) is 0 Å². The van der Waals surface area contributed by atoms with Crippen molar-refractivity contribution >= 4 is 0 Å². The molecule has 0 bridgehead atoms. The Morgan fingerprint density at radius 1 is 1.11 bits per heavy atom. The van der Waals surface area contributed by atoms with E-state index in [4.69, 9.17) is 0 Å². The van der Waals surface area contributed by atoms with Gasteiger partial charge in [-0.15, -0.1) is 0 Å². The Morgan fingerprint density at radius 3 is 2.42 bits per heavy atom. The summed E-state index contributed by atoms with van der Waals surface area (Å²) in [4.78, 5) is 0. The van der Waals surface area contributed by atoms with Gasteiger partial charge in [-0.05, 0) is 36.5 Å². The first-order chi connectivity index (χ1) is 8.96. The summed E-state index contributed by atoms with van der Waals surface area (Å²) in [7, 11) is 0. The maximum Gasteiger partial charge on any atom is 0.00979 e. The van der Waals surface area contributed by atoms with Crippen LogP contribution in [0.15, 0.2) is 0 Å². The summed E-state index contributed by atoms with van der Waals surface area (Å²) >= 11 is 0. The lowest BCUT2D eigenvalue weighted by Crippen LogP contribution is -2.44. The van der Waals surface area contributed by atoms with Gasteiger partial charge in [0.25, 0.3) is 0 Å². The van der Waals surface area contributed by atoms with Crippen molar-refractivity contribution in [2.24, 2.45) is 17.3 Å². The number of nitrogens with one attached hydrogen (secondary N) is 1. The Kier molecular flexibility index (Phi) is 7.42. The standard InChI is InChI=1S/C18H37N/c1-6-7-10-13-18(4,5)14-19-17-12-9-8-11-16(17)15(2)3/h15-17,19H,6-14H2,1-5H3. The van der Waals surface area contributed by atoms with Gasteiger partial charge in [-0.25, -0.2) is 0 Å². The van der Waals surface area contributed by atoms with E-state index in [1.54, 1.807) is 0 Å². The molecule has 2 atom stereocenters. The molecule has 0 amide bonds. The van der Waals surface area contributed by atoms with Crippen molar-refractivity contribution in [3.8, 4) is 0 Å². The van der Waals surface area contributed by atoms with E-state index in [0.717, 1.165) is 17.9 Å². The number of hydrogen-bond acceptors (Lipinski definition) is 1. The van der Waals surface area contributed by atoms with Gasteiger partial charge in [-0.3, -0.25) is 0 Å². The molecule has 1 rings (SSSR count). The predicted octanol–water partition coefficient (Wildman–Crippen LogP) is 5.40. The molecule has 0 radical (unpaired) electrons. The van der Waals surface area contributed by atoms with Crippen molar-refractivity contribution in [2.75, 3.05) is 6.54 Å². The third-order valence-corrected chi connectivity index (χ3v) is 4.98. The molecule has 0 heterocycles. The maximum absolute atomic E-state index is 3.92. The minimum atomic E-state index is 0.466. The molecular formula is C18H37N. The smallest absolute Gasteiger partial charge is 0.00979 e. The first kappa shape index (κ1) is 17.0. The van der Waals surface area contributed by atoms with Crippen LogP contribution in [0, 0.1) is 17.3 Å². The summed E-state index contributed by atoms with van der Waals surface area (Å²) in [5.74, 6) is 1.74. The lowest BCUT2D eigenvalue weighted by molar-refractivity contribution is 0.182. The van der Waals surface area contributed by atoms with Crippen molar-refractivity contribution in [3.05, 3.63) is 0 Å². The molecule has 0 aliphatic heterocycles. The summed E-state index contributed by atoms with van der Waals surface area (Å²) in [6, 6.07) is 0.777. The summed E-state index contributed by atoms with van der Waals surface area (Å²) in [6.45, 7) is 13.2. The van der Waals surface area contributed by atoms with Gasteiger partial charge in [-0.2, -0.15) is 0 Å². The molecule has 0 aromatic carbocycles. The van der Waals surface area contributed by atoms with Gasteiger partial charge < -0.3 is 5.32 Å². The molecule has 1 N–H and O–H groups in total. The quantitative estimate of drug-likeness (QED) is 0.581. The largest absolute Gasteiger partial charge is 0.313 e. The highest BCUT2D eigenvalue weighted by atomic mass is 14.9. The molecule has 114 valence electrons. The van der Waals surface area contributed by atoms with Gasteiger partial charge in [0.2, 0.25) is 0 Å². The van der Waals surface area contributed by atoms with Crippen molar-refractivity contribution in [3.63, 3.8) is 0 Å². The number of hydrogen-bond donors (Lipinski definition) is 1. The zero-order valence-electron chi connectivity index (χ0n) is 14.1. The van der Waals surface area contributed by atoms with E-state index in [1.807, 2.05) is 0 Å². The third kappa shape index (κ3) is 6.29. The average Bonchev–Trinajstić information content (AvgIpc) is 2.37. The first-order valence-electron chi connectivity index (χ1n) is 8.69. The van der Waals surface area contributed by atoms with E-state index < -0.39 is 0 Å². The Hall–Kier alpha value is -0.0400. The second-order valence-electron chi connectivity index (χ2n) is 7.80. The van der Waals surface area contributed by atoms with E-state index in [1.165, 1.54) is 57.9 Å². The molecule has 1 aliphatic carbocycles. The van der Waals surface area contributed by atoms with Crippen molar-refractivity contribution in [1.29, 1.82) is 0 Å². The Balaban J connectivity index is 2.36. The van der Waals surface area contributed by atoms with Gasteiger partial charge in [0, 0.05) is 12.6 Å². The fraction of sp³-hybridized carbons (Fsp3) is 1.00. The lowest BCUT2D eigenvalue weighted by Gasteiger charge is -2.37. The molecule has 1 nitrogen and oxygen atoms in total. The molecular weight excluding hydrogens is 230 g/mol. The molecule has 2 unspecified atom stereocenters. The summed E-state index contributed by atoms with van der Waals surface area (Å²) in [5, 5.41) is 3.92. The zero-order chi connectivity index (χ0) is 14.3. The highest BCUT2D eigenvalue weighted by Gasteiger charge is 2.28. The van der Waals surface area contributed by atoms with E-state index >= 15 is 0 Å². The van der Waals surface area contributed by atoms with Crippen LogP contribution in [0.4, 0.5) is 0 Å². The molecule has 1 aliphatic rings. The van der Waals surface area contributed by atoms with Gasteiger partial charge >= 0.3 is 0 Å². The topological polar surface area (TPSA) is 12.0 Å². The second-order valence-corrected chi connectivity index (χ2v) is 7.80. The Bertz CT molecular complexity index is 232. The summed E-state index contributed by atoms with van der Waals surface area (Å²) in [6.07, 6.45) is 11.2. The lowest BCUT2D eigenvalue weighted by atomic mass is 9.77. The maximum atomic E-state index is 3.92. The monoisotopic (exact) mass is 267 g/mol. The van der Waals surface area contributed by atoms with E-state index in [9.17, 15) is 0 Å². The Morgan fingerprint density at radius 2 is 1.79 bits per heavy atom. The summed E-state index contributed by atoms with van der Waals surface area (Å²) in [5.41, 5.74) is 0.466. The van der Waals surface area contributed by atoms with Crippen molar-refractivity contribution in [1.82, 2.24) is 5.32 Å². The van der Waals surface area contributed by atoms with Crippen LogP contribution in [0.2, 0.25) is 0 Å². The van der Waals surface area contributed by atoms with Gasteiger partial charge in [0.05, 0.1) is 0 Å². The fourth-order valence-corrected chi connectivity index (χ4v) is 3.56. The molecule has 0 saturated heterocycles. The van der Waals surface area contributed by atoms with E-state index in [0.29, 0.717) is 5.41 Å². The number of unbranched alkanes of at least 4 members (excludes halogenated alkanes) is 2. The average molecular weight is 268 g/mol. The fourth-order valence-electron chi connectivity index (χ4n) is 3.56. The first-order valence-corrected chi connectivity index (χ1v) is 8.69. The SMILES string of the molecule is CCCCCC(C)(C)CNC1CCCCC1C(C)C. The van der Waals surface area contributed by atoms with Crippen LogP contribution in [0.5, 0.6) is 0 Å².